The van der Waals surface area contributed by atoms with Crippen LogP contribution in [0.15, 0.2) is 18.2 Å². The lowest BCUT2D eigenvalue weighted by Gasteiger charge is -2.24. The number of Topliss-reactive ketones (excluding diaryl/α,β-unsaturated/α-hetero) is 1. The fourth-order valence-corrected chi connectivity index (χ4v) is 4.72. The summed E-state index contributed by atoms with van der Waals surface area (Å²) in [6.45, 7) is 2.88. The smallest absolute Gasteiger partial charge is 0.258 e. The molecule has 1 fully saturated rings. The van der Waals surface area contributed by atoms with Gasteiger partial charge in [0.15, 0.2) is 33.7 Å². The van der Waals surface area contributed by atoms with Gasteiger partial charge < -0.3 is 14.8 Å². The molecule has 1 aliphatic heterocycles. The number of rotatable bonds is 6. The highest BCUT2D eigenvalue weighted by molar-refractivity contribution is 7.91. The molecule has 0 aromatic heterocycles. The predicted octanol–water partition coefficient (Wildman–Crippen LogP) is 0.970. The van der Waals surface area contributed by atoms with Gasteiger partial charge in [0, 0.05) is 5.56 Å². The minimum Gasteiger partial charge on any atom is -0.493 e. The van der Waals surface area contributed by atoms with Crippen LogP contribution < -0.4 is 14.8 Å². The van der Waals surface area contributed by atoms with E-state index in [1.54, 1.807) is 25.1 Å². The average molecular weight is 355 g/mol. The number of carbonyl (C=O) groups is 2. The van der Waals surface area contributed by atoms with Gasteiger partial charge >= 0.3 is 0 Å². The fraction of sp³-hybridized carbons (Fsp3) is 0.500. The highest BCUT2D eigenvalue weighted by Gasteiger charge is 2.39. The van der Waals surface area contributed by atoms with E-state index in [1.807, 2.05) is 0 Å². The van der Waals surface area contributed by atoms with Crippen molar-refractivity contribution in [1.29, 1.82) is 0 Å². The molecular weight excluding hydrogens is 334 g/mol. The standard InChI is InChI=1S/C16H21NO6S/c1-11(18)12-4-5-13(14(8-12)22-3)23-9-15(19)17-16(2)6-7-24(20,21)10-16/h4-5,8H,6-7,9-10H2,1-3H3,(H,17,19). The molecule has 132 valence electrons. The Hall–Kier alpha value is -2.09. The molecule has 1 N–H and O–H groups in total. The first kappa shape index (κ1) is 18.3. The van der Waals surface area contributed by atoms with E-state index >= 15 is 0 Å². The van der Waals surface area contributed by atoms with Crippen molar-refractivity contribution in [3.8, 4) is 11.5 Å². The minimum atomic E-state index is -3.10. The zero-order valence-electron chi connectivity index (χ0n) is 13.9. The number of benzene rings is 1. The van der Waals surface area contributed by atoms with E-state index in [-0.39, 0.29) is 23.9 Å². The summed E-state index contributed by atoms with van der Waals surface area (Å²) in [4.78, 5) is 23.4. The number of ether oxygens (including phenoxy) is 2. The van der Waals surface area contributed by atoms with Crippen molar-refractivity contribution in [2.45, 2.75) is 25.8 Å². The van der Waals surface area contributed by atoms with E-state index in [4.69, 9.17) is 9.47 Å². The number of amides is 1. The summed E-state index contributed by atoms with van der Waals surface area (Å²) in [5.41, 5.74) is -0.283. The molecule has 1 amide bonds. The molecule has 1 aromatic carbocycles. The highest BCUT2D eigenvalue weighted by Crippen LogP contribution is 2.28. The molecule has 1 atom stereocenters. The second-order valence-electron chi connectivity index (χ2n) is 6.16. The summed E-state index contributed by atoms with van der Waals surface area (Å²) in [6, 6.07) is 4.69. The predicted molar refractivity (Wildman–Crippen MR) is 88.3 cm³/mol. The Morgan fingerprint density at radius 1 is 1.29 bits per heavy atom. The van der Waals surface area contributed by atoms with Crippen LogP contribution in [0, 0.1) is 0 Å². The van der Waals surface area contributed by atoms with Crippen LogP contribution in [-0.2, 0) is 14.6 Å². The molecule has 1 aromatic rings. The molecule has 0 radical (unpaired) electrons. The van der Waals surface area contributed by atoms with E-state index in [2.05, 4.69) is 5.32 Å². The van der Waals surface area contributed by atoms with Gasteiger partial charge in [-0.25, -0.2) is 8.42 Å². The van der Waals surface area contributed by atoms with Crippen molar-refractivity contribution in [2.75, 3.05) is 25.2 Å². The van der Waals surface area contributed by atoms with E-state index < -0.39 is 21.3 Å². The Morgan fingerprint density at radius 3 is 2.54 bits per heavy atom. The van der Waals surface area contributed by atoms with Gasteiger partial charge in [-0.05, 0) is 38.5 Å². The van der Waals surface area contributed by atoms with Crippen LogP contribution in [0.25, 0.3) is 0 Å². The molecule has 2 rings (SSSR count). The van der Waals surface area contributed by atoms with Gasteiger partial charge in [-0.1, -0.05) is 0 Å². The lowest BCUT2D eigenvalue weighted by molar-refractivity contribution is -0.124. The molecule has 7 nitrogen and oxygen atoms in total. The maximum absolute atomic E-state index is 12.0. The van der Waals surface area contributed by atoms with Crippen LogP contribution in [0.2, 0.25) is 0 Å². The van der Waals surface area contributed by atoms with Gasteiger partial charge in [-0.15, -0.1) is 0 Å². The van der Waals surface area contributed by atoms with Crippen molar-refractivity contribution in [2.24, 2.45) is 0 Å². The number of sulfone groups is 1. The fourth-order valence-electron chi connectivity index (χ4n) is 2.63. The number of hydrogen-bond acceptors (Lipinski definition) is 6. The van der Waals surface area contributed by atoms with Crippen molar-refractivity contribution < 1.29 is 27.5 Å². The zero-order valence-corrected chi connectivity index (χ0v) is 14.7. The molecule has 1 saturated heterocycles. The van der Waals surface area contributed by atoms with E-state index in [0.29, 0.717) is 23.5 Å². The SMILES string of the molecule is COc1cc(C(C)=O)ccc1OCC(=O)NC1(C)CCS(=O)(=O)C1. The maximum atomic E-state index is 12.0. The molecule has 0 spiro atoms. The van der Waals surface area contributed by atoms with Crippen molar-refractivity contribution in [3.63, 3.8) is 0 Å². The molecule has 0 aliphatic carbocycles. The van der Waals surface area contributed by atoms with Crippen LogP contribution in [0.3, 0.4) is 0 Å². The van der Waals surface area contributed by atoms with E-state index in [9.17, 15) is 18.0 Å². The summed E-state index contributed by atoms with van der Waals surface area (Å²) in [7, 11) is -1.66. The minimum absolute atomic E-state index is 0.0671. The van der Waals surface area contributed by atoms with Crippen LogP contribution in [0.4, 0.5) is 0 Å². The molecule has 1 unspecified atom stereocenters. The monoisotopic (exact) mass is 355 g/mol. The second-order valence-corrected chi connectivity index (χ2v) is 8.35. The van der Waals surface area contributed by atoms with Crippen LogP contribution in [0.5, 0.6) is 11.5 Å². The van der Waals surface area contributed by atoms with Gasteiger partial charge in [0.05, 0.1) is 24.2 Å². The molecule has 1 heterocycles. The third kappa shape index (κ3) is 4.47. The van der Waals surface area contributed by atoms with Crippen molar-refractivity contribution in [3.05, 3.63) is 23.8 Å². The summed E-state index contributed by atoms with van der Waals surface area (Å²) in [5.74, 6) is 0.181. The summed E-state index contributed by atoms with van der Waals surface area (Å²) in [6.07, 6.45) is 0.387. The van der Waals surface area contributed by atoms with Crippen LogP contribution in [-0.4, -0.2) is 50.9 Å². The first-order valence-corrected chi connectivity index (χ1v) is 9.29. The number of nitrogens with one attached hydrogen (secondary N) is 1. The molecule has 1 aliphatic rings. The first-order chi connectivity index (χ1) is 11.1. The van der Waals surface area contributed by atoms with Crippen LogP contribution in [0.1, 0.15) is 30.6 Å². The van der Waals surface area contributed by atoms with Gasteiger partial charge in [-0.3, -0.25) is 9.59 Å². The van der Waals surface area contributed by atoms with Gasteiger partial charge in [0.2, 0.25) is 0 Å². The first-order valence-electron chi connectivity index (χ1n) is 7.47. The Bertz CT molecular complexity index is 758. The van der Waals surface area contributed by atoms with Gasteiger partial charge in [0.25, 0.3) is 5.91 Å². The number of ketones is 1. The number of hydrogen-bond donors (Lipinski definition) is 1. The van der Waals surface area contributed by atoms with Gasteiger partial charge in [0.1, 0.15) is 0 Å². The lowest BCUT2D eigenvalue weighted by atomic mass is 10.0. The van der Waals surface area contributed by atoms with Crippen molar-refractivity contribution in [1.82, 2.24) is 5.32 Å². The van der Waals surface area contributed by atoms with E-state index in [1.165, 1.54) is 14.0 Å². The normalized spacial score (nSPS) is 22.0. The van der Waals surface area contributed by atoms with E-state index in [0.717, 1.165) is 0 Å². The summed E-state index contributed by atoms with van der Waals surface area (Å²) >= 11 is 0. The third-order valence-electron chi connectivity index (χ3n) is 3.87. The molecular formula is C16H21NO6S. The number of carbonyl (C=O) groups excluding carboxylic acids is 2. The summed E-state index contributed by atoms with van der Waals surface area (Å²) < 4.78 is 33.7. The molecule has 0 bridgehead atoms. The van der Waals surface area contributed by atoms with Gasteiger partial charge in [-0.2, -0.15) is 0 Å². The molecule has 8 heteroatoms. The Balaban J connectivity index is 1.98. The lowest BCUT2D eigenvalue weighted by Crippen LogP contribution is -2.48. The van der Waals surface area contributed by atoms with Crippen LogP contribution >= 0.6 is 0 Å². The topological polar surface area (TPSA) is 98.8 Å². The largest absolute Gasteiger partial charge is 0.493 e. The molecule has 24 heavy (non-hydrogen) atoms. The number of methoxy groups -OCH3 is 1. The molecule has 0 saturated carbocycles. The van der Waals surface area contributed by atoms with Crippen molar-refractivity contribution >= 4 is 21.5 Å². The average Bonchev–Trinajstić information content (AvgIpc) is 2.77. The third-order valence-corrected chi connectivity index (χ3v) is 5.78. The Labute approximate surface area is 141 Å². The second kappa shape index (κ2) is 6.80. The maximum Gasteiger partial charge on any atom is 0.258 e. The zero-order chi connectivity index (χ0) is 18.0. The quantitative estimate of drug-likeness (QED) is 0.764. The summed E-state index contributed by atoms with van der Waals surface area (Å²) in [5, 5.41) is 2.71. The Morgan fingerprint density at radius 2 is 2.00 bits per heavy atom. The Kier molecular flexibility index (Phi) is 5.17. The highest BCUT2D eigenvalue weighted by atomic mass is 32.2.